The highest BCUT2D eigenvalue weighted by Crippen LogP contribution is 2.40. The summed E-state index contributed by atoms with van der Waals surface area (Å²) in [6, 6.07) is 5.32. The van der Waals surface area contributed by atoms with E-state index in [4.69, 9.17) is 4.74 Å². The SMILES string of the molecule is Cc1ccc(OC[C@@H]2C[C@@H]3C[C@@H]3N2)cn1. The minimum absolute atomic E-state index is 0.551. The van der Waals surface area contributed by atoms with Crippen molar-refractivity contribution in [2.75, 3.05) is 6.61 Å². The molecule has 0 radical (unpaired) electrons. The molecule has 1 aromatic rings. The van der Waals surface area contributed by atoms with Gasteiger partial charge in [0.25, 0.3) is 0 Å². The van der Waals surface area contributed by atoms with E-state index in [1.807, 2.05) is 19.1 Å². The summed E-state index contributed by atoms with van der Waals surface area (Å²) in [5.41, 5.74) is 1.03. The lowest BCUT2D eigenvalue weighted by molar-refractivity contribution is 0.267. The van der Waals surface area contributed by atoms with Gasteiger partial charge in [0.05, 0.1) is 6.20 Å². The first-order valence-electron chi connectivity index (χ1n) is 5.63. The smallest absolute Gasteiger partial charge is 0.137 e. The summed E-state index contributed by atoms with van der Waals surface area (Å²) in [4.78, 5) is 4.20. The van der Waals surface area contributed by atoms with Gasteiger partial charge in [-0.3, -0.25) is 4.98 Å². The van der Waals surface area contributed by atoms with E-state index in [9.17, 15) is 0 Å². The Bertz CT molecular complexity index is 339. The summed E-state index contributed by atoms with van der Waals surface area (Å²) in [6.45, 7) is 2.76. The fourth-order valence-electron chi connectivity index (χ4n) is 2.30. The lowest BCUT2D eigenvalue weighted by atomic mass is 10.2. The van der Waals surface area contributed by atoms with E-state index in [-0.39, 0.29) is 0 Å². The summed E-state index contributed by atoms with van der Waals surface area (Å²) in [5, 5.41) is 3.56. The van der Waals surface area contributed by atoms with E-state index in [1.54, 1.807) is 6.20 Å². The van der Waals surface area contributed by atoms with Gasteiger partial charge in [0, 0.05) is 17.8 Å². The first-order chi connectivity index (χ1) is 7.31. The van der Waals surface area contributed by atoms with Gasteiger partial charge in [0.15, 0.2) is 0 Å². The number of rotatable bonds is 3. The summed E-state index contributed by atoms with van der Waals surface area (Å²) in [5.74, 6) is 1.82. The van der Waals surface area contributed by atoms with Crippen molar-refractivity contribution in [1.29, 1.82) is 0 Å². The minimum Gasteiger partial charge on any atom is -0.490 e. The maximum absolute atomic E-state index is 5.69. The molecule has 2 fully saturated rings. The second kappa shape index (κ2) is 3.49. The molecule has 3 nitrogen and oxygen atoms in total. The van der Waals surface area contributed by atoms with Crippen molar-refractivity contribution in [3.8, 4) is 5.75 Å². The van der Waals surface area contributed by atoms with E-state index < -0.39 is 0 Å². The van der Waals surface area contributed by atoms with Crippen LogP contribution in [0.1, 0.15) is 18.5 Å². The number of hydrogen-bond acceptors (Lipinski definition) is 3. The summed E-state index contributed by atoms with van der Waals surface area (Å²) in [7, 11) is 0. The van der Waals surface area contributed by atoms with Crippen LogP contribution in [-0.4, -0.2) is 23.7 Å². The minimum atomic E-state index is 0.551. The molecular formula is C12H16N2O. The molecule has 0 bridgehead atoms. The average molecular weight is 204 g/mol. The van der Waals surface area contributed by atoms with Gasteiger partial charge in [-0.05, 0) is 37.8 Å². The molecule has 15 heavy (non-hydrogen) atoms. The van der Waals surface area contributed by atoms with Gasteiger partial charge in [0.2, 0.25) is 0 Å². The number of ether oxygens (including phenoxy) is 1. The molecule has 0 amide bonds. The molecule has 1 N–H and O–H groups in total. The van der Waals surface area contributed by atoms with Gasteiger partial charge >= 0.3 is 0 Å². The van der Waals surface area contributed by atoms with Crippen molar-refractivity contribution >= 4 is 0 Å². The zero-order chi connectivity index (χ0) is 10.3. The van der Waals surface area contributed by atoms with Crippen molar-refractivity contribution in [1.82, 2.24) is 10.3 Å². The first-order valence-corrected chi connectivity index (χ1v) is 5.63. The van der Waals surface area contributed by atoms with Crippen LogP contribution < -0.4 is 10.1 Å². The van der Waals surface area contributed by atoms with Crippen LogP contribution in [0.25, 0.3) is 0 Å². The average Bonchev–Trinajstić information content (AvgIpc) is 2.86. The van der Waals surface area contributed by atoms with Gasteiger partial charge in [-0.25, -0.2) is 0 Å². The number of piperidine rings is 1. The zero-order valence-electron chi connectivity index (χ0n) is 8.94. The monoisotopic (exact) mass is 204 g/mol. The van der Waals surface area contributed by atoms with Gasteiger partial charge < -0.3 is 10.1 Å². The van der Waals surface area contributed by atoms with Crippen molar-refractivity contribution in [3.05, 3.63) is 24.0 Å². The Kier molecular flexibility index (Phi) is 2.13. The van der Waals surface area contributed by atoms with Gasteiger partial charge in [-0.1, -0.05) is 0 Å². The fourth-order valence-corrected chi connectivity index (χ4v) is 2.30. The Morgan fingerprint density at radius 3 is 3.07 bits per heavy atom. The van der Waals surface area contributed by atoms with Crippen LogP contribution in [0.5, 0.6) is 5.75 Å². The van der Waals surface area contributed by atoms with Crippen molar-refractivity contribution < 1.29 is 4.74 Å². The molecule has 1 saturated heterocycles. The quantitative estimate of drug-likeness (QED) is 0.810. The molecule has 1 aromatic heterocycles. The second-order valence-electron chi connectivity index (χ2n) is 4.65. The highest BCUT2D eigenvalue weighted by Gasteiger charge is 2.45. The lowest BCUT2D eigenvalue weighted by Gasteiger charge is -2.14. The van der Waals surface area contributed by atoms with Crippen LogP contribution in [0.4, 0.5) is 0 Å². The van der Waals surface area contributed by atoms with Crippen LogP contribution >= 0.6 is 0 Å². The predicted octanol–water partition coefficient (Wildman–Crippen LogP) is 1.52. The van der Waals surface area contributed by atoms with E-state index in [0.717, 1.165) is 30.0 Å². The van der Waals surface area contributed by atoms with Crippen molar-refractivity contribution in [2.24, 2.45) is 5.92 Å². The fraction of sp³-hybridized carbons (Fsp3) is 0.583. The first kappa shape index (κ1) is 9.16. The second-order valence-corrected chi connectivity index (χ2v) is 4.65. The Morgan fingerprint density at radius 2 is 2.40 bits per heavy atom. The number of nitrogens with one attached hydrogen (secondary N) is 1. The van der Waals surface area contributed by atoms with Gasteiger partial charge in [0.1, 0.15) is 12.4 Å². The van der Waals surface area contributed by atoms with Crippen molar-refractivity contribution in [2.45, 2.75) is 31.8 Å². The summed E-state index contributed by atoms with van der Waals surface area (Å²) in [6.07, 6.45) is 4.46. The highest BCUT2D eigenvalue weighted by molar-refractivity contribution is 5.19. The van der Waals surface area contributed by atoms with E-state index in [1.165, 1.54) is 12.8 Å². The van der Waals surface area contributed by atoms with Gasteiger partial charge in [-0.15, -0.1) is 0 Å². The number of aryl methyl sites for hydroxylation is 1. The van der Waals surface area contributed by atoms with Crippen LogP contribution in [-0.2, 0) is 0 Å². The molecule has 3 rings (SSSR count). The normalized spacial score (nSPS) is 32.5. The molecule has 1 saturated carbocycles. The van der Waals surface area contributed by atoms with E-state index in [0.29, 0.717) is 6.04 Å². The number of aromatic nitrogens is 1. The standard InChI is InChI=1S/C12H16N2O/c1-8-2-3-11(6-13-8)15-7-10-4-9-5-12(9)14-10/h2-3,6,9-10,12,14H,4-5,7H2,1H3/t9-,10+,12+/m1/s1. The number of fused-ring (bicyclic) bond motifs is 1. The molecule has 3 heteroatoms. The molecule has 2 aliphatic rings. The molecule has 0 unspecified atom stereocenters. The zero-order valence-corrected chi connectivity index (χ0v) is 8.94. The molecule has 1 aliphatic carbocycles. The Hall–Kier alpha value is -1.09. The maximum Gasteiger partial charge on any atom is 0.137 e. The third-order valence-corrected chi connectivity index (χ3v) is 3.30. The third-order valence-electron chi connectivity index (χ3n) is 3.30. The predicted molar refractivity (Wildman–Crippen MR) is 57.9 cm³/mol. The summed E-state index contributed by atoms with van der Waals surface area (Å²) < 4.78 is 5.69. The largest absolute Gasteiger partial charge is 0.490 e. The highest BCUT2D eigenvalue weighted by atomic mass is 16.5. The molecule has 0 spiro atoms. The number of pyridine rings is 1. The molecule has 2 heterocycles. The molecule has 0 aromatic carbocycles. The molecule has 80 valence electrons. The molecule has 1 aliphatic heterocycles. The van der Waals surface area contributed by atoms with Crippen LogP contribution in [0.2, 0.25) is 0 Å². The summed E-state index contributed by atoms with van der Waals surface area (Å²) >= 11 is 0. The molecular weight excluding hydrogens is 188 g/mol. The lowest BCUT2D eigenvalue weighted by Crippen LogP contribution is -2.31. The number of hydrogen-bond donors (Lipinski definition) is 1. The van der Waals surface area contributed by atoms with Crippen LogP contribution in [0, 0.1) is 12.8 Å². The van der Waals surface area contributed by atoms with Crippen LogP contribution in [0.3, 0.4) is 0 Å². The maximum atomic E-state index is 5.69. The third kappa shape index (κ3) is 1.97. The van der Waals surface area contributed by atoms with Gasteiger partial charge in [-0.2, -0.15) is 0 Å². The Morgan fingerprint density at radius 1 is 1.47 bits per heavy atom. The molecule has 3 atom stereocenters. The van der Waals surface area contributed by atoms with Crippen molar-refractivity contribution in [3.63, 3.8) is 0 Å². The van der Waals surface area contributed by atoms with E-state index in [2.05, 4.69) is 10.3 Å². The number of nitrogens with zero attached hydrogens (tertiary/aromatic N) is 1. The topological polar surface area (TPSA) is 34.1 Å². The van der Waals surface area contributed by atoms with E-state index >= 15 is 0 Å². The van der Waals surface area contributed by atoms with Crippen LogP contribution in [0.15, 0.2) is 18.3 Å². The Balaban J connectivity index is 1.51. The Labute approximate surface area is 89.9 Å².